The van der Waals surface area contributed by atoms with Crippen LogP contribution in [-0.4, -0.2) is 76.3 Å². The Morgan fingerprint density at radius 3 is 1.96 bits per heavy atom. The standard InChI is InChI=1S/C37H51N8O6P/c1-4-7-21-50-35(46)30(24-28-15-11-9-12-16-28)43-52(48,44-31(36(47)51-22-8-5-2)25-29-17-13-10-14-18-29)27-49-23-20-45-26-40-32-33(39-19-6-3)41-37(38)42-34(32)45/h6,9-18,26,30-31H,3-5,7-8,19-25,27H2,1-2H3,(H2,43,44,48)(H3,38,39,41,42). The fraction of sp³-hybridized carbons (Fsp3) is 0.432. The molecule has 0 saturated heterocycles. The minimum absolute atomic E-state index is 0.0743. The topological polar surface area (TPSA) is 185 Å². The maximum Gasteiger partial charge on any atom is 0.323 e. The van der Waals surface area contributed by atoms with Crippen LogP contribution in [-0.2, 0) is 47.8 Å². The lowest BCUT2D eigenvalue weighted by Crippen LogP contribution is -2.46. The van der Waals surface area contributed by atoms with Crippen LogP contribution in [0, 0.1) is 0 Å². The number of unbranched alkanes of at least 4 members (excludes halogenated alkanes) is 2. The third-order valence-corrected chi connectivity index (χ3v) is 10.00. The molecule has 0 fully saturated rings. The maximum absolute atomic E-state index is 15.0. The van der Waals surface area contributed by atoms with Gasteiger partial charge in [0.25, 0.3) is 0 Å². The van der Waals surface area contributed by atoms with Crippen LogP contribution in [0.15, 0.2) is 79.6 Å². The molecule has 0 radical (unpaired) electrons. The number of nitrogens with one attached hydrogen (secondary N) is 3. The van der Waals surface area contributed by atoms with Gasteiger partial charge in [-0.1, -0.05) is 93.4 Å². The molecule has 2 atom stereocenters. The highest BCUT2D eigenvalue weighted by molar-refractivity contribution is 7.59. The highest BCUT2D eigenvalue weighted by Crippen LogP contribution is 2.39. The number of anilines is 2. The summed E-state index contributed by atoms with van der Waals surface area (Å²) in [5, 5.41) is 9.25. The molecule has 2 aromatic carbocycles. The van der Waals surface area contributed by atoms with Crippen molar-refractivity contribution in [2.45, 2.75) is 71.0 Å². The molecule has 280 valence electrons. The summed E-state index contributed by atoms with van der Waals surface area (Å²) >= 11 is 0. The van der Waals surface area contributed by atoms with Gasteiger partial charge in [-0.15, -0.1) is 6.58 Å². The second kappa shape index (κ2) is 21.0. The molecule has 15 heteroatoms. The minimum atomic E-state index is -3.89. The van der Waals surface area contributed by atoms with Crippen molar-refractivity contribution < 1.29 is 28.4 Å². The molecule has 4 rings (SSSR count). The van der Waals surface area contributed by atoms with E-state index in [0.717, 1.165) is 24.0 Å². The number of carbonyl (C=O) groups is 2. The summed E-state index contributed by atoms with van der Waals surface area (Å²) in [6.07, 6.45) is 6.41. The molecule has 52 heavy (non-hydrogen) atoms. The van der Waals surface area contributed by atoms with Gasteiger partial charge in [0.1, 0.15) is 18.4 Å². The Hall–Kier alpha value is -4.62. The zero-order chi connectivity index (χ0) is 37.2. The predicted octanol–water partition coefficient (Wildman–Crippen LogP) is 5.26. The number of nitrogens with two attached hydrogens (primary N) is 1. The van der Waals surface area contributed by atoms with Crippen LogP contribution in [0.1, 0.15) is 50.7 Å². The number of imidazole rings is 1. The van der Waals surface area contributed by atoms with Gasteiger partial charge in [0.15, 0.2) is 17.0 Å². The van der Waals surface area contributed by atoms with Crippen LogP contribution in [0.4, 0.5) is 11.8 Å². The average molecular weight is 735 g/mol. The molecule has 5 N–H and O–H groups in total. The van der Waals surface area contributed by atoms with Crippen molar-refractivity contribution in [2.75, 3.05) is 43.8 Å². The first-order valence-electron chi connectivity index (χ1n) is 17.7. The lowest BCUT2D eigenvalue weighted by Gasteiger charge is -2.29. The number of rotatable bonds is 24. The Morgan fingerprint density at radius 1 is 0.885 bits per heavy atom. The van der Waals surface area contributed by atoms with Crippen molar-refractivity contribution in [3.63, 3.8) is 0 Å². The van der Waals surface area contributed by atoms with E-state index in [9.17, 15) is 9.59 Å². The number of carbonyl (C=O) groups excluding carboxylic acids is 2. The van der Waals surface area contributed by atoms with Crippen LogP contribution in [0.3, 0.4) is 0 Å². The van der Waals surface area contributed by atoms with Gasteiger partial charge in [0.05, 0.1) is 26.1 Å². The summed E-state index contributed by atoms with van der Waals surface area (Å²) in [5.41, 5.74) is 8.69. The van der Waals surface area contributed by atoms with Crippen LogP contribution in [0.5, 0.6) is 0 Å². The minimum Gasteiger partial charge on any atom is -0.465 e. The highest BCUT2D eigenvalue weighted by Gasteiger charge is 2.36. The van der Waals surface area contributed by atoms with Crippen molar-refractivity contribution in [1.29, 1.82) is 0 Å². The number of nitrogens with zero attached hydrogens (tertiary/aromatic N) is 4. The molecule has 0 amide bonds. The molecule has 0 aliphatic rings. The van der Waals surface area contributed by atoms with Gasteiger partial charge in [-0.3, -0.25) is 14.2 Å². The number of esters is 2. The van der Waals surface area contributed by atoms with E-state index in [0.29, 0.717) is 36.4 Å². The van der Waals surface area contributed by atoms with E-state index >= 15 is 4.57 Å². The molecular formula is C37H51N8O6P. The lowest BCUT2D eigenvalue weighted by atomic mass is 10.1. The lowest BCUT2D eigenvalue weighted by molar-refractivity contribution is -0.146. The van der Waals surface area contributed by atoms with Gasteiger partial charge in [-0.2, -0.15) is 9.97 Å². The summed E-state index contributed by atoms with van der Waals surface area (Å²) in [5.74, 6) is -0.546. The molecule has 0 aliphatic heterocycles. The molecule has 0 aliphatic carbocycles. The van der Waals surface area contributed by atoms with Gasteiger partial charge >= 0.3 is 11.9 Å². The predicted molar refractivity (Wildman–Crippen MR) is 203 cm³/mol. The largest absolute Gasteiger partial charge is 0.465 e. The molecule has 2 heterocycles. The monoisotopic (exact) mass is 734 g/mol. The van der Waals surface area contributed by atoms with Gasteiger partial charge < -0.3 is 29.8 Å². The average Bonchev–Trinajstić information content (AvgIpc) is 3.55. The van der Waals surface area contributed by atoms with E-state index in [-0.39, 0.29) is 51.5 Å². The van der Waals surface area contributed by atoms with E-state index < -0.39 is 31.5 Å². The Morgan fingerprint density at radius 2 is 1.44 bits per heavy atom. The molecule has 2 aromatic heterocycles. The molecular weight excluding hydrogens is 683 g/mol. The second-order valence-electron chi connectivity index (χ2n) is 12.3. The van der Waals surface area contributed by atoms with Gasteiger partial charge in [0.2, 0.25) is 13.4 Å². The zero-order valence-electron chi connectivity index (χ0n) is 30.0. The molecule has 0 spiro atoms. The first-order chi connectivity index (χ1) is 25.2. The zero-order valence-corrected chi connectivity index (χ0v) is 30.9. The van der Waals surface area contributed by atoms with E-state index in [1.54, 1.807) is 17.0 Å². The summed E-state index contributed by atoms with van der Waals surface area (Å²) in [4.78, 5) is 40.1. The number of nitrogen functional groups attached to an aromatic ring is 1. The number of hydrogen-bond donors (Lipinski definition) is 4. The van der Waals surface area contributed by atoms with Gasteiger partial charge in [-0.05, 0) is 36.8 Å². The number of fused-ring (bicyclic) bond motifs is 1. The number of hydrogen-bond acceptors (Lipinski definition) is 11. The summed E-state index contributed by atoms with van der Waals surface area (Å²) in [6.45, 7) is 9.02. The van der Waals surface area contributed by atoms with Crippen molar-refractivity contribution in [3.8, 4) is 0 Å². The number of aromatic nitrogens is 4. The van der Waals surface area contributed by atoms with Gasteiger partial charge in [0, 0.05) is 13.1 Å². The fourth-order valence-electron chi connectivity index (χ4n) is 5.29. The first kappa shape index (κ1) is 40.2. The van der Waals surface area contributed by atoms with Crippen LogP contribution in [0.25, 0.3) is 11.2 Å². The summed E-state index contributed by atoms with van der Waals surface area (Å²) < 4.78 is 34.0. The Bertz CT molecular complexity index is 1680. The van der Waals surface area contributed by atoms with E-state index in [4.69, 9.17) is 19.9 Å². The van der Waals surface area contributed by atoms with Crippen molar-refractivity contribution in [3.05, 3.63) is 90.8 Å². The van der Waals surface area contributed by atoms with Crippen molar-refractivity contribution in [1.82, 2.24) is 29.7 Å². The molecule has 0 saturated carbocycles. The van der Waals surface area contributed by atoms with Crippen molar-refractivity contribution >= 4 is 42.3 Å². The van der Waals surface area contributed by atoms with E-state index in [1.165, 1.54) is 0 Å². The Kier molecular flexibility index (Phi) is 16.2. The normalized spacial score (nSPS) is 13.6. The third kappa shape index (κ3) is 12.6. The fourth-order valence-corrected chi connectivity index (χ4v) is 7.30. The van der Waals surface area contributed by atoms with E-state index in [2.05, 4.69) is 37.0 Å². The molecule has 14 nitrogen and oxygen atoms in total. The molecule has 2 unspecified atom stereocenters. The number of ether oxygens (including phenoxy) is 3. The smallest absolute Gasteiger partial charge is 0.323 e. The second-order valence-corrected chi connectivity index (χ2v) is 14.5. The molecule has 4 aromatic rings. The van der Waals surface area contributed by atoms with Crippen molar-refractivity contribution in [2.24, 2.45) is 0 Å². The first-order valence-corrected chi connectivity index (χ1v) is 19.6. The quantitative estimate of drug-likeness (QED) is 0.0317. The number of benzene rings is 2. The Balaban J connectivity index is 1.59. The van der Waals surface area contributed by atoms with E-state index in [1.807, 2.05) is 74.5 Å². The van der Waals surface area contributed by atoms with Crippen LogP contribution < -0.4 is 21.2 Å². The Labute approximate surface area is 305 Å². The van der Waals surface area contributed by atoms with Crippen LogP contribution >= 0.6 is 7.44 Å². The summed E-state index contributed by atoms with van der Waals surface area (Å²) in [7, 11) is -3.89. The maximum atomic E-state index is 15.0. The SMILES string of the molecule is C=CCNc1nc(N)nc2c1ncn2CCOCP(=O)(NC(Cc1ccccc1)C(=O)OCCCC)NC(Cc1ccccc1)C(=O)OCCCC. The molecule has 0 bridgehead atoms. The third-order valence-electron chi connectivity index (χ3n) is 7.99. The van der Waals surface area contributed by atoms with Gasteiger partial charge in [-0.25, -0.2) is 15.2 Å². The van der Waals surface area contributed by atoms with Crippen LogP contribution in [0.2, 0.25) is 0 Å². The summed E-state index contributed by atoms with van der Waals surface area (Å²) in [6, 6.07) is 16.8. The highest BCUT2D eigenvalue weighted by atomic mass is 31.2.